The van der Waals surface area contributed by atoms with Crippen LogP contribution in [0.5, 0.6) is 0 Å². The number of nitrogens with zero attached hydrogens (tertiary/aromatic N) is 6. The van der Waals surface area contributed by atoms with Crippen molar-refractivity contribution < 1.29 is 14.0 Å². The van der Waals surface area contributed by atoms with E-state index in [0.717, 1.165) is 0 Å². The predicted octanol–water partition coefficient (Wildman–Crippen LogP) is 1.62. The van der Waals surface area contributed by atoms with E-state index < -0.39 is 17.9 Å². The fraction of sp³-hybridized carbons (Fsp3) is 0.100. The molecule has 31 heavy (non-hydrogen) atoms. The summed E-state index contributed by atoms with van der Waals surface area (Å²) < 4.78 is 8.62. The standard InChI is InChI=1S/C20H16N8O3/c1-11(18-26-25-15-6-2-3-7-27(15)18)23-20(30)13-9-12(14-5-4-8-31-14)24-19-16(17(21)29)22-10-28(13)19/h2-11H,1H3,(H2,21,29)(H,23,30)/t11-/m1/s1. The highest BCUT2D eigenvalue weighted by molar-refractivity contribution is 5.99. The van der Waals surface area contributed by atoms with Crippen molar-refractivity contribution in [2.45, 2.75) is 13.0 Å². The van der Waals surface area contributed by atoms with Gasteiger partial charge in [0.05, 0.1) is 12.3 Å². The minimum absolute atomic E-state index is 0.0426. The summed E-state index contributed by atoms with van der Waals surface area (Å²) in [4.78, 5) is 33.4. The van der Waals surface area contributed by atoms with Gasteiger partial charge in [-0.15, -0.1) is 10.2 Å². The van der Waals surface area contributed by atoms with Gasteiger partial charge < -0.3 is 15.5 Å². The summed E-state index contributed by atoms with van der Waals surface area (Å²) in [5.41, 5.74) is 6.78. The minimum Gasteiger partial charge on any atom is -0.463 e. The van der Waals surface area contributed by atoms with E-state index in [4.69, 9.17) is 10.2 Å². The van der Waals surface area contributed by atoms with Crippen LogP contribution in [0.25, 0.3) is 22.7 Å². The van der Waals surface area contributed by atoms with Crippen molar-refractivity contribution >= 4 is 23.1 Å². The molecule has 154 valence electrons. The molecule has 0 saturated carbocycles. The molecule has 0 saturated heterocycles. The summed E-state index contributed by atoms with van der Waals surface area (Å²) in [6.07, 6.45) is 4.65. The first-order chi connectivity index (χ1) is 15.0. The topological polar surface area (TPSA) is 146 Å². The van der Waals surface area contributed by atoms with Crippen LogP contribution in [0.2, 0.25) is 0 Å². The van der Waals surface area contributed by atoms with E-state index in [-0.39, 0.29) is 17.0 Å². The molecule has 3 N–H and O–H groups in total. The van der Waals surface area contributed by atoms with Crippen LogP contribution >= 0.6 is 0 Å². The Kier molecular flexibility index (Phi) is 4.21. The van der Waals surface area contributed by atoms with E-state index in [2.05, 4.69) is 25.5 Å². The minimum atomic E-state index is -0.749. The van der Waals surface area contributed by atoms with Crippen molar-refractivity contribution in [1.29, 1.82) is 0 Å². The lowest BCUT2D eigenvalue weighted by Crippen LogP contribution is -2.29. The number of amides is 2. The van der Waals surface area contributed by atoms with E-state index in [0.29, 0.717) is 22.9 Å². The number of hydrogen-bond donors (Lipinski definition) is 2. The normalized spacial score (nSPS) is 12.3. The molecule has 0 unspecified atom stereocenters. The highest BCUT2D eigenvalue weighted by Crippen LogP contribution is 2.22. The molecule has 5 aromatic rings. The van der Waals surface area contributed by atoms with Gasteiger partial charge in [-0.3, -0.25) is 18.4 Å². The van der Waals surface area contributed by atoms with E-state index in [1.807, 2.05) is 24.4 Å². The van der Waals surface area contributed by atoms with Gasteiger partial charge in [0.2, 0.25) is 0 Å². The lowest BCUT2D eigenvalue weighted by Gasteiger charge is -2.14. The smallest absolute Gasteiger partial charge is 0.271 e. The maximum atomic E-state index is 13.2. The second kappa shape index (κ2) is 7.06. The number of rotatable bonds is 5. The van der Waals surface area contributed by atoms with Crippen LogP contribution < -0.4 is 11.1 Å². The summed E-state index contributed by atoms with van der Waals surface area (Å²) >= 11 is 0. The number of nitrogens with two attached hydrogens (primary N) is 1. The number of carbonyl (C=O) groups excluding carboxylic acids is 2. The molecular formula is C20H16N8O3. The molecule has 0 aliphatic rings. The third kappa shape index (κ3) is 3.08. The Bertz CT molecular complexity index is 1430. The zero-order valence-electron chi connectivity index (χ0n) is 16.3. The largest absolute Gasteiger partial charge is 0.463 e. The van der Waals surface area contributed by atoms with Crippen molar-refractivity contribution in [2.75, 3.05) is 0 Å². The summed E-state index contributed by atoms with van der Waals surface area (Å²) in [5.74, 6) is -0.163. The van der Waals surface area contributed by atoms with Gasteiger partial charge in [-0.25, -0.2) is 9.97 Å². The first-order valence-electron chi connectivity index (χ1n) is 9.35. The molecule has 1 atom stereocenters. The summed E-state index contributed by atoms with van der Waals surface area (Å²) in [7, 11) is 0. The second-order valence-electron chi connectivity index (χ2n) is 6.84. The van der Waals surface area contributed by atoms with Crippen LogP contribution in [-0.2, 0) is 0 Å². The molecule has 0 aliphatic heterocycles. The van der Waals surface area contributed by atoms with Crippen molar-refractivity contribution in [2.24, 2.45) is 5.73 Å². The molecular weight excluding hydrogens is 400 g/mol. The number of nitrogens with one attached hydrogen (secondary N) is 1. The molecule has 0 fully saturated rings. The van der Waals surface area contributed by atoms with Gasteiger partial charge >= 0.3 is 0 Å². The molecule has 0 spiro atoms. The molecule has 0 bridgehead atoms. The molecule has 0 aromatic carbocycles. The number of carbonyl (C=O) groups is 2. The maximum Gasteiger partial charge on any atom is 0.271 e. The Morgan fingerprint density at radius 2 is 2.03 bits per heavy atom. The molecule has 5 rings (SSSR count). The van der Waals surface area contributed by atoms with Crippen LogP contribution in [-0.4, -0.2) is 40.8 Å². The number of furan rings is 1. The lowest BCUT2D eigenvalue weighted by molar-refractivity contribution is 0.0930. The Labute approximate surface area is 174 Å². The maximum absolute atomic E-state index is 13.2. The van der Waals surface area contributed by atoms with E-state index in [1.165, 1.54) is 17.0 Å². The van der Waals surface area contributed by atoms with Gasteiger partial charge in [0.15, 0.2) is 28.6 Å². The molecule has 5 heterocycles. The third-order valence-electron chi connectivity index (χ3n) is 4.82. The Morgan fingerprint density at radius 1 is 1.16 bits per heavy atom. The monoisotopic (exact) mass is 416 g/mol. The van der Waals surface area contributed by atoms with Gasteiger partial charge in [0.25, 0.3) is 11.8 Å². The quantitative estimate of drug-likeness (QED) is 0.443. The summed E-state index contributed by atoms with van der Waals surface area (Å²) in [6.45, 7) is 1.80. The first kappa shape index (κ1) is 18.5. The average molecular weight is 416 g/mol. The highest BCUT2D eigenvalue weighted by Gasteiger charge is 2.23. The number of fused-ring (bicyclic) bond motifs is 2. The van der Waals surface area contributed by atoms with Gasteiger partial charge in [0, 0.05) is 6.20 Å². The fourth-order valence-electron chi connectivity index (χ4n) is 3.36. The van der Waals surface area contributed by atoms with Crippen molar-refractivity contribution in [3.8, 4) is 11.5 Å². The predicted molar refractivity (Wildman–Crippen MR) is 108 cm³/mol. The van der Waals surface area contributed by atoms with Crippen LogP contribution in [0, 0.1) is 0 Å². The van der Waals surface area contributed by atoms with Gasteiger partial charge in [-0.1, -0.05) is 6.07 Å². The van der Waals surface area contributed by atoms with E-state index in [9.17, 15) is 9.59 Å². The van der Waals surface area contributed by atoms with Crippen LogP contribution in [0.4, 0.5) is 0 Å². The number of pyridine rings is 1. The Hall–Kier alpha value is -4.54. The molecule has 2 amide bonds. The number of aromatic nitrogens is 6. The molecule has 11 nitrogen and oxygen atoms in total. The van der Waals surface area contributed by atoms with Gasteiger partial charge in [-0.2, -0.15) is 0 Å². The zero-order valence-corrected chi connectivity index (χ0v) is 16.3. The van der Waals surface area contributed by atoms with Gasteiger partial charge in [0.1, 0.15) is 17.7 Å². The van der Waals surface area contributed by atoms with E-state index >= 15 is 0 Å². The second-order valence-corrected chi connectivity index (χ2v) is 6.84. The molecule has 11 heteroatoms. The summed E-state index contributed by atoms with van der Waals surface area (Å²) in [6, 6.07) is 10.0. The zero-order chi connectivity index (χ0) is 21.5. The lowest BCUT2D eigenvalue weighted by atomic mass is 10.2. The summed E-state index contributed by atoms with van der Waals surface area (Å²) in [5, 5.41) is 11.2. The highest BCUT2D eigenvalue weighted by atomic mass is 16.3. The van der Waals surface area contributed by atoms with Crippen LogP contribution in [0.1, 0.15) is 39.8 Å². The first-order valence-corrected chi connectivity index (χ1v) is 9.35. The Morgan fingerprint density at radius 3 is 2.81 bits per heavy atom. The molecule has 0 radical (unpaired) electrons. The van der Waals surface area contributed by atoms with Crippen molar-refractivity contribution in [3.05, 3.63) is 72.4 Å². The fourth-order valence-corrected chi connectivity index (χ4v) is 3.36. The third-order valence-corrected chi connectivity index (χ3v) is 4.82. The van der Waals surface area contributed by atoms with Gasteiger partial charge in [-0.05, 0) is 37.3 Å². The number of hydrogen-bond acceptors (Lipinski definition) is 7. The molecule has 0 aliphatic carbocycles. The van der Waals surface area contributed by atoms with Crippen molar-refractivity contribution in [3.63, 3.8) is 0 Å². The number of imidazole rings is 1. The van der Waals surface area contributed by atoms with Crippen molar-refractivity contribution in [1.82, 2.24) is 34.3 Å². The van der Waals surface area contributed by atoms with Crippen LogP contribution in [0.15, 0.2) is 59.6 Å². The van der Waals surface area contributed by atoms with E-state index in [1.54, 1.807) is 29.5 Å². The Balaban J connectivity index is 1.57. The SMILES string of the molecule is C[C@@H](NC(=O)c1cc(-c2ccco2)nc2c(C(N)=O)ncn12)c1nnc2ccccn12. The number of primary amides is 1. The molecule has 5 aromatic heterocycles. The van der Waals surface area contributed by atoms with Crippen LogP contribution in [0.3, 0.4) is 0 Å². The average Bonchev–Trinajstić information content (AvgIpc) is 3.51.